The van der Waals surface area contributed by atoms with Crippen LogP contribution in [-0.4, -0.2) is 22.8 Å². The van der Waals surface area contributed by atoms with Crippen molar-refractivity contribution in [3.8, 4) is 0 Å². The molecule has 4 unspecified atom stereocenters. The van der Waals surface area contributed by atoms with Gasteiger partial charge in [0.05, 0.1) is 0 Å². The summed E-state index contributed by atoms with van der Waals surface area (Å²) in [5.41, 5.74) is 2.39. The van der Waals surface area contributed by atoms with E-state index in [4.69, 9.17) is 0 Å². The largest absolute Gasteiger partial charge is 0.477 e. The first-order valence-corrected chi connectivity index (χ1v) is 15.0. The number of aliphatic hydroxyl groups is 1. The van der Waals surface area contributed by atoms with Gasteiger partial charge in [-0.3, -0.25) is 0 Å². The van der Waals surface area contributed by atoms with Gasteiger partial charge in [0.25, 0.3) is 0 Å². The zero-order valence-corrected chi connectivity index (χ0v) is 22.9. The molecule has 35 heavy (non-hydrogen) atoms. The van der Waals surface area contributed by atoms with Crippen LogP contribution >= 0.6 is 11.3 Å². The fourth-order valence-electron chi connectivity index (χ4n) is 11.3. The van der Waals surface area contributed by atoms with Crippen molar-refractivity contribution in [2.24, 2.45) is 51.2 Å². The molecule has 4 heteroatoms. The molecular formula is C31H44O3S. The molecule has 0 spiro atoms. The number of carboxylic acid groups (broad SMARTS) is 1. The zero-order valence-electron chi connectivity index (χ0n) is 22.1. The molecule has 5 aliphatic carbocycles. The molecule has 1 heterocycles. The van der Waals surface area contributed by atoms with Gasteiger partial charge in [-0.1, -0.05) is 40.2 Å². The van der Waals surface area contributed by atoms with Gasteiger partial charge in [-0.05, 0) is 127 Å². The van der Waals surface area contributed by atoms with Crippen LogP contribution in [0.2, 0.25) is 0 Å². The fraction of sp³-hybridized carbons (Fsp3) is 0.774. The van der Waals surface area contributed by atoms with Gasteiger partial charge < -0.3 is 10.2 Å². The first kappa shape index (κ1) is 24.2. The van der Waals surface area contributed by atoms with Crippen LogP contribution in [0.15, 0.2) is 18.2 Å². The van der Waals surface area contributed by atoms with Gasteiger partial charge >= 0.3 is 5.97 Å². The van der Waals surface area contributed by atoms with E-state index in [2.05, 4.69) is 33.8 Å². The van der Waals surface area contributed by atoms with Crippen molar-refractivity contribution >= 4 is 22.9 Å². The first-order valence-electron chi connectivity index (χ1n) is 14.2. The quantitative estimate of drug-likeness (QED) is 0.447. The van der Waals surface area contributed by atoms with Gasteiger partial charge in [0, 0.05) is 11.5 Å². The summed E-state index contributed by atoms with van der Waals surface area (Å²) < 4.78 is 0. The number of rotatable bonds is 3. The van der Waals surface area contributed by atoms with E-state index >= 15 is 0 Å². The number of hydrogen-bond acceptors (Lipinski definition) is 3. The minimum atomic E-state index is -0.814. The molecule has 0 radical (unpaired) electrons. The highest BCUT2D eigenvalue weighted by molar-refractivity contribution is 7.15. The second-order valence-electron chi connectivity index (χ2n) is 14.1. The van der Waals surface area contributed by atoms with Crippen LogP contribution in [0.3, 0.4) is 0 Å². The Morgan fingerprint density at radius 2 is 1.74 bits per heavy atom. The maximum Gasteiger partial charge on any atom is 0.345 e. The lowest BCUT2D eigenvalue weighted by molar-refractivity contribution is -0.181. The highest BCUT2D eigenvalue weighted by Crippen LogP contribution is 2.73. The lowest BCUT2D eigenvalue weighted by Crippen LogP contribution is -2.61. The zero-order chi connectivity index (χ0) is 24.8. The second kappa shape index (κ2) is 7.93. The molecule has 4 saturated carbocycles. The topological polar surface area (TPSA) is 57.5 Å². The summed E-state index contributed by atoms with van der Waals surface area (Å²) in [6, 6.07) is 3.82. The molecule has 0 aliphatic heterocycles. The number of carbonyl (C=O) groups is 1. The lowest BCUT2D eigenvalue weighted by Gasteiger charge is -2.68. The number of aliphatic hydroxyl groups excluding tert-OH is 1. The molecule has 8 atom stereocenters. The molecule has 5 aliphatic rings. The predicted molar refractivity (Wildman–Crippen MR) is 142 cm³/mol. The van der Waals surface area contributed by atoms with E-state index in [1.807, 2.05) is 6.07 Å². The van der Waals surface area contributed by atoms with Crippen LogP contribution in [0.1, 0.15) is 106 Å². The fourth-order valence-corrected chi connectivity index (χ4v) is 12.3. The number of fused-ring (bicyclic) bond motifs is 7. The van der Waals surface area contributed by atoms with Crippen molar-refractivity contribution in [2.45, 2.75) is 91.9 Å². The molecule has 0 amide bonds. The van der Waals surface area contributed by atoms with Gasteiger partial charge in [0.2, 0.25) is 0 Å². The summed E-state index contributed by atoms with van der Waals surface area (Å²) in [6.07, 6.45) is 15.5. The third-order valence-corrected chi connectivity index (χ3v) is 13.8. The van der Waals surface area contributed by atoms with Gasteiger partial charge in [0.15, 0.2) is 0 Å². The summed E-state index contributed by atoms with van der Waals surface area (Å²) >= 11 is 1.45. The van der Waals surface area contributed by atoms with E-state index in [1.165, 1.54) is 74.7 Å². The lowest BCUT2D eigenvalue weighted by atomic mass is 9.36. The molecule has 192 valence electrons. The van der Waals surface area contributed by atoms with E-state index in [0.29, 0.717) is 28.2 Å². The van der Waals surface area contributed by atoms with Crippen LogP contribution in [0.5, 0.6) is 0 Å². The number of thiophene rings is 1. The van der Waals surface area contributed by atoms with Crippen molar-refractivity contribution in [1.82, 2.24) is 0 Å². The maximum absolute atomic E-state index is 11.5. The number of allylic oxidation sites excluding steroid dienone is 2. The van der Waals surface area contributed by atoms with Gasteiger partial charge in [-0.2, -0.15) is 0 Å². The molecule has 2 N–H and O–H groups in total. The summed E-state index contributed by atoms with van der Waals surface area (Å²) in [4.78, 5) is 13.1. The van der Waals surface area contributed by atoms with Crippen LogP contribution in [0, 0.1) is 51.2 Å². The monoisotopic (exact) mass is 496 g/mol. The minimum absolute atomic E-state index is 0.0515. The molecule has 0 bridgehead atoms. The Morgan fingerprint density at radius 3 is 2.46 bits per heavy atom. The highest BCUT2D eigenvalue weighted by Gasteiger charge is 2.65. The Morgan fingerprint density at radius 1 is 0.943 bits per heavy atom. The van der Waals surface area contributed by atoms with E-state index in [9.17, 15) is 15.0 Å². The summed E-state index contributed by atoms with van der Waals surface area (Å²) in [5.74, 6) is 2.98. The summed E-state index contributed by atoms with van der Waals surface area (Å²) in [5, 5.41) is 19.9. The SMILES string of the molecule is CC1(C)C(c2ccc(C(=O)O)s2)=CC[C@@]2(C)C1CC[C@@]1(C)C3CC[C@@]4(CO)CCCC4[C@H]3CCC12. The third kappa shape index (κ3) is 3.20. The Bertz CT molecular complexity index is 1050. The standard InChI is InChI=1S/C31H44O3S/c1-28(2)22(23-8-9-24(35-23)27(33)34)11-15-30(4)25(28)13-16-29(3)20-12-17-31(18-32)14-5-6-21(31)19(20)7-10-26(29)30/h8-9,11,19-21,25-26,32H,5-7,10,12-18H2,1-4H3,(H,33,34)/t19-,20?,21?,25?,26?,29-,30-,31+/m0/s1. The van der Waals surface area contributed by atoms with Gasteiger partial charge in [0.1, 0.15) is 4.88 Å². The third-order valence-electron chi connectivity index (χ3n) is 12.7. The van der Waals surface area contributed by atoms with Crippen LogP contribution in [0.4, 0.5) is 0 Å². The molecule has 3 nitrogen and oxygen atoms in total. The Labute approximate surface area is 215 Å². The molecule has 6 rings (SSSR count). The molecule has 1 aromatic heterocycles. The number of aromatic carboxylic acids is 1. The van der Waals surface area contributed by atoms with Crippen molar-refractivity contribution < 1.29 is 15.0 Å². The van der Waals surface area contributed by atoms with Crippen molar-refractivity contribution in [3.63, 3.8) is 0 Å². The number of hydrogen-bond donors (Lipinski definition) is 2. The maximum atomic E-state index is 11.5. The van der Waals surface area contributed by atoms with Crippen molar-refractivity contribution in [1.29, 1.82) is 0 Å². The second-order valence-corrected chi connectivity index (χ2v) is 15.2. The average Bonchev–Trinajstić information content (AvgIpc) is 3.46. The van der Waals surface area contributed by atoms with Gasteiger partial charge in [-0.15, -0.1) is 11.3 Å². The number of carboxylic acids is 1. The van der Waals surface area contributed by atoms with Crippen LogP contribution in [-0.2, 0) is 0 Å². The minimum Gasteiger partial charge on any atom is -0.477 e. The Hall–Kier alpha value is -1.13. The Balaban J connectivity index is 1.33. The summed E-state index contributed by atoms with van der Waals surface area (Å²) in [6.45, 7) is 10.6. The van der Waals surface area contributed by atoms with E-state index in [-0.39, 0.29) is 10.8 Å². The van der Waals surface area contributed by atoms with E-state index in [1.54, 1.807) is 6.07 Å². The van der Waals surface area contributed by atoms with Gasteiger partial charge in [-0.25, -0.2) is 4.79 Å². The van der Waals surface area contributed by atoms with E-state index in [0.717, 1.165) is 35.0 Å². The predicted octanol–water partition coefficient (Wildman–Crippen LogP) is 7.90. The molecule has 1 aromatic rings. The van der Waals surface area contributed by atoms with Crippen LogP contribution < -0.4 is 0 Å². The van der Waals surface area contributed by atoms with E-state index < -0.39 is 5.97 Å². The molecule has 0 saturated heterocycles. The van der Waals surface area contributed by atoms with Crippen LogP contribution in [0.25, 0.3) is 5.57 Å². The smallest absolute Gasteiger partial charge is 0.345 e. The molecule has 4 fully saturated rings. The first-order chi connectivity index (χ1) is 16.6. The Kier molecular flexibility index (Phi) is 5.49. The van der Waals surface area contributed by atoms with Crippen molar-refractivity contribution in [3.05, 3.63) is 28.0 Å². The average molecular weight is 497 g/mol. The normalized spacial score (nSPS) is 46.1. The molecular weight excluding hydrogens is 452 g/mol. The summed E-state index contributed by atoms with van der Waals surface area (Å²) in [7, 11) is 0. The molecule has 0 aromatic carbocycles. The van der Waals surface area contributed by atoms with Crippen molar-refractivity contribution in [2.75, 3.05) is 6.61 Å². The highest BCUT2D eigenvalue weighted by atomic mass is 32.1.